The number of anilines is 1. The van der Waals surface area contributed by atoms with Gasteiger partial charge in [-0.05, 0) is 31.0 Å². The summed E-state index contributed by atoms with van der Waals surface area (Å²) in [5.74, 6) is -0.115. The summed E-state index contributed by atoms with van der Waals surface area (Å²) in [5, 5.41) is 0. The largest absolute Gasteiger partial charge is 0.482 e. The zero-order chi connectivity index (χ0) is 15.4. The lowest BCUT2D eigenvalue weighted by Gasteiger charge is -2.33. The smallest absolute Gasteiger partial charge is 0.328 e. The Morgan fingerprint density at radius 3 is 2.95 bits per heavy atom. The Hall–Kier alpha value is -2.08. The maximum atomic E-state index is 12.1. The number of amides is 1. The van der Waals surface area contributed by atoms with Gasteiger partial charge in [0.05, 0.1) is 12.3 Å². The van der Waals surface area contributed by atoms with Gasteiger partial charge in [-0.25, -0.2) is 4.79 Å². The number of fused-ring (bicyclic) bond motifs is 1. The van der Waals surface area contributed by atoms with Crippen LogP contribution in [0.15, 0.2) is 18.2 Å². The molecule has 0 saturated heterocycles. The molecule has 0 aromatic heterocycles. The second-order valence-electron chi connectivity index (χ2n) is 4.90. The number of hydrogen-bond acceptors (Lipinski definition) is 5. The van der Waals surface area contributed by atoms with Gasteiger partial charge in [0.15, 0.2) is 6.61 Å². The van der Waals surface area contributed by atoms with E-state index in [2.05, 4.69) is 0 Å². The van der Waals surface area contributed by atoms with Crippen molar-refractivity contribution in [2.45, 2.75) is 32.9 Å². The van der Waals surface area contributed by atoms with Crippen molar-refractivity contribution in [3.05, 3.63) is 23.8 Å². The molecule has 21 heavy (non-hydrogen) atoms. The van der Waals surface area contributed by atoms with Crippen LogP contribution in [0.5, 0.6) is 5.75 Å². The highest BCUT2D eigenvalue weighted by molar-refractivity contribution is 6.02. The number of rotatable bonds is 5. The first kappa shape index (κ1) is 15.3. The van der Waals surface area contributed by atoms with Crippen LogP contribution in [0.2, 0.25) is 0 Å². The number of nitrogens with two attached hydrogens (primary N) is 1. The molecule has 1 aliphatic heterocycles. The Bertz CT molecular complexity index is 544. The van der Waals surface area contributed by atoms with Crippen molar-refractivity contribution in [2.24, 2.45) is 5.73 Å². The van der Waals surface area contributed by atoms with Crippen molar-refractivity contribution in [1.82, 2.24) is 0 Å². The fourth-order valence-electron chi connectivity index (χ4n) is 2.20. The average molecular weight is 292 g/mol. The molecule has 1 atom stereocenters. The van der Waals surface area contributed by atoms with E-state index >= 15 is 0 Å². The van der Waals surface area contributed by atoms with E-state index in [0.29, 0.717) is 24.6 Å². The van der Waals surface area contributed by atoms with Crippen LogP contribution in [-0.2, 0) is 20.9 Å². The molecule has 1 unspecified atom stereocenters. The first-order chi connectivity index (χ1) is 10.1. The predicted molar refractivity (Wildman–Crippen MR) is 78.0 cm³/mol. The van der Waals surface area contributed by atoms with Crippen molar-refractivity contribution in [3.8, 4) is 5.75 Å². The van der Waals surface area contributed by atoms with E-state index in [9.17, 15) is 9.59 Å². The summed E-state index contributed by atoms with van der Waals surface area (Å²) < 4.78 is 10.5. The zero-order valence-corrected chi connectivity index (χ0v) is 12.3. The van der Waals surface area contributed by atoms with Crippen LogP contribution in [0.3, 0.4) is 0 Å². The molecule has 0 bridgehead atoms. The van der Waals surface area contributed by atoms with E-state index < -0.39 is 12.0 Å². The van der Waals surface area contributed by atoms with Crippen LogP contribution in [0.25, 0.3) is 0 Å². The van der Waals surface area contributed by atoms with Gasteiger partial charge in [-0.3, -0.25) is 9.69 Å². The van der Waals surface area contributed by atoms with Gasteiger partial charge in [-0.15, -0.1) is 0 Å². The van der Waals surface area contributed by atoms with Gasteiger partial charge >= 0.3 is 5.97 Å². The van der Waals surface area contributed by atoms with E-state index in [-0.39, 0.29) is 12.5 Å². The number of ether oxygens (including phenoxy) is 2. The first-order valence-electron chi connectivity index (χ1n) is 7.03. The molecule has 0 spiro atoms. The summed E-state index contributed by atoms with van der Waals surface area (Å²) in [6.07, 6.45) is 0.740. The Balaban J connectivity index is 2.30. The van der Waals surface area contributed by atoms with Gasteiger partial charge in [0, 0.05) is 6.54 Å². The molecule has 1 heterocycles. The third-order valence-electron chi connectivity index (χ3n) is 3.32. The molecular weight excluding hydrogens is 272 g/mol. The van der Waals surface area contributed by atoms with Gasteiger partial charge in [0.2, 0.25) is 0 Å². The monoisotopic (exact) mass is 292 g/mol. The van der Waals surface area contributed by atoms with Gasteiger partial charge < -0.3 is 15.2 Å². The highest BCUT2D eigenvalue weighted by Crippen LogP contribution is 2.34. The molecule has 2 N–H and O–H groups in total. The van der Waals surface area contributed by atoms with Crippen molar-refractivity contribution < 1.29 is 19.1 Å². The summed E-state index contributed by atoms with van der Waals surface area (Å²) in [4.78, 5) is 25.6. The molecule has 0 aliphatic carbocycles. The third-order valence-corrected chi connectivity index (χ3v) is 3.32. The standard InChI is InChI=1S/C15H20N2O4/c1-3-6-20-15(19)10(2)17-12-7-11(8-16)4-5-13(12)21-9-14(17)18/h4-5,7,10H,3,6,8-9,16H2,1-2H3. The lowest BCUT2D eigenvalue weighted by molar-refractivity contribution is -0.146. The van der Waals surface area contributed by atoms with E-state index in [4.69, 9.17) is 15.2 Å². The Morgan fingerprint density at radius 1 is 1.52 bits per heavy atom. The normalized spacial score (nSPS) is 15.2. The van der Waals surface area contributed by atoms with Crippen LogP contribution >= 0.6 is 0 Å². The fourth-order valence-corrected chi connectivity index (χ4v) is 2.20. The minimum Gasteiger partial charge on any atom is -0.482 e. The molecule has 1 aromatic rings. The van der Waals surface area contributed by atoms with Crippen molar-refractivity contribution in [2.75, 3.05) is 18.1 Å². The lowest BCUT2D eigenvalue weighted by Crippen LogP contribution is -2.48. The lowest BCUT2D eigenvalue weighted by atomic mass is 10.1. The van der Waals surface area contributed by atoms with Crippen LogP contribution in [0.1, 0.15) is 25.8 Å². The van der Waals surface area contributed by atoms with E-state index in [0.717, 1.165) is 12.0 Å². The number of nitrogens with zero attached hydrogens (tertiary/aromatic N) is 1. The topological polar surface area (TPSA) is 81.9 Å². The Labute approximate surface area is 123 Å². The molecule has 6 heteroatoms. The molecule has 0 saturated carbocycles. The maximum Gasteiger partial charge on any atom is 0.328 e. The van der Waals surface area contributed by atoms with Crippen LogP contribution < -0.4 is 15.4 Å². The van der Waals surface area contributed by atoms with Gasteiger partial charge in [-0.1, -0.05) is 13.0 Å². The molecule has 6 nitrogen and oxygen atoms in total. The van der Waals surface area contributed by atoms with Gasteiger partial charge in [-0.2, -0.15) is 0 Å². The van der Waals surface area contributed by atoms with E-state index in [1.807, 2.05) is 13.0 Å². The summed E-state index contributed by atoms with van der Waals surface area (Å²) in [7, 11) is 0. The quantitative estimate of drug-likeness (QED) is 0.825. The van der Waals surface area contributed by atoms with Crippen LogP contribution in [0.4, 0.5) is 5.69 Å². The summed E-state index contributed by atoms with van der Waals surface area (Å²) in [6.45, 7) is 4.18. The number of benzene rings is 1. The van der Waals surface area contributed by atoms with Gasteiger partial charge in [0.1, 0.15) is 11.8 Å². The summed E-state index contributed by atoms with van der Waals surface area (Å²) in [5.41, 5.74) is 7.06. The molecule has 2 rings (SSSR count). The minimum atomic E-state index is -0.695. The van der Waals surface area contributed by atoms with Gasteiger partial charge in [0.25, 0.3) is 5.91 Å². The van der Waals surface area contributed by atoms with Crippen molar-refractivity contribution in [1.29, 1.82) is 0 Å². The second-order valence-corrected chi connectivity index (χ2v) is 4.90. The Morgan fingerprint density at radius 2 is 2.29 bits per heavy atom. The Kier molecular flexibility index (Phi) is 4.80. The molecule has 0 fully saturated rings. The first-order valence-corrected chi connectivity index (χ1v) is 7.03. The molecule has 1 aliphatic rings. The minimum absolute atomic E-state index is 0.0830. The van der Waals surface area contributed by atoms with Crippen LogP contribution in [0, 0.1) is 0 Å². The van der Waals surface area contributed by atoms with Crippen molar-refractivity contribution in [3.63, 3.8) is 0 Å². The molecular formula is C15H20N2O4. The zero-order valence-electron chi connectivity index (χ0n) is 12.3. The SMILES string of the molecule is CCCOC(=O)C(C)N1C(=O)COc2ccc(CN)cc21. The predicted octanol–water partition coefficient (Wildman–Crippen LogP) is 1.21. The van der Waals surface area contributed by atoms with E-state index in [1.165, 1.54) is 4.90 Å². The highest BCUT2D eigenvalue weighted by atomic mass is 16.5. The van der Waals surface area contributed by atoms with E-state index in [1.54, 1.807) is 19.1 Å². The summed E-state index contributed by atoms with van der Waals surface area (Å²) in [6, 6.07) is 4.68. The highest BCUT2D eigenvalue weighted by Gasteiger charge is 2.33. The molecule has 1 aromatic carbocycles. The fraction of sp³-hybridized carbons (Fsp3) is 0.467. The van der Waals surface area contributed by atoms with Crippen LogP contribution in [-0.4, -0.2) is 31.1 Å². The third kappa shape index (κ3) is 3.16. The molecule has 114 valence electrons. The summed E-state index contributed by atoms with van der Waals surface area (Å²) >= 11 is 0. The maximum absolute atomic E-state index is 12.1. The number of carbonyl (C=O) groups excluding carboxylic acids is 2. The second kappa shape index (κ2) is 6.58. The molecule has 0 radical (unpaired) electrons. The number of esters is 1. The number of carbonyl (C=O) groups is 2. The molecule has 1 amide bonds. The average Bonchev–Trinajstić information content (AvgIpc) is 2.51. The number of hydrogen-bond donors (Lipinski definition) is 1. The van der Waals surface area contributed by atoms with Crippen molar-refractivity contribution >= 4 is 17.6 Å².